The topological polar surface area (TPSA) is 68.7 Å². The lowest BCUT2D eigenvalue weighted by Gasteiger charge is -2.34. The van der Waals surface area contributed by atoms with Gasteiger partial charge in [0.15, 0.2) is 0 Å². The van der Waals surface area contributed by atoms with Gasteiger partial charge in [-0.1, -0.05) is 18.2 Å². The van der Waals surface area contributed by atoms with E-state index in [1.807, 2.05) is 0 Å². The predicted octanol–water partition coefficient (Wildman–Crippen LogP) is 2.17. The Balaban J connectivity index is 1.84. The summed E-state index contributed by atoms with van der Waals surface area (Å²) >= 11 is 0. The quantitative estimate of drug-likeness (QED) is 0.794. The summed E-state index contributed by atoms with van der Waals surface area (Å²) in [7, 11) is 0. The van der Waals surface area contributed by atoms with Crippen LogP contribution in [0, 0.1) is 5.82 Å². The molecule has 132 valence electrons. The minimum Gasteiger partial charge on any atom is -0.466 e. The van der Waals surface area contributed by atoms with Crippen LogP contribution >= 0.6 is 0 Å². The smallest absolute Gasteiger partial charge is 0.307 e. The summed E-state index contributed by atoms with van der Waals surface area (Å²) in [6.45, 7) is 3.00. The standard InChI is InChI=1S/C18H19FN2O4/c1-2-25-16(22)10-13-11-24-9-8-21(13)18(23)15-7-6-12-4-3-5-14(19)17(12)20-15/h3-7,13H,2,8-11H2,1H3. The molecule has 1 unspecified atom stereocenters. The molecule has 1 fully saturated rings. The van der Waals surface area contributed by atoms with Gasteiger partial charge in [0.1, 0.15) is 17.0 Å². The van der Waals surface area contributed by atoms with E-state index in [0.717, 1.165) is 0 Å². The first-order valence-corrected chi connectivity index (χ1v) is 8.19. The van der Waals surface area contributed by atoms with Crippen molar-refractivity contribution in [2.45, 2.75) is 19.4 Å². The van der Waals surface area contributed by atoms with Crippen LogP contribution in [0.25, 0.3) is 10.9 Å². The number of fused-ring (bicyclic) bond motifs is 1. The van der Waals surface area contributed by atoms with Crippen molar-refractivity contribution in [3.63, 3.8) is 0 Å². The van der Waals surface area contributed by atoms with Crippen molar-refractivity contribution in [3.05, 3.63) is 41.8 Å². The Bertz CT molecular complexity index is 796. The molecule has 25 heavy (non-hydrogen) atoms. The third-order valence-corrected chi connectivity index (χ3v) is 4.09. The molecule has 0 bridgehead atoms. The number of benzene rings is 1. The van der Waals surface area contributed by atoms with E-state index in [2.05, 4.69) is 4.98 Å². The fraction of sp³-hybridized carbons (Fsp3) is 0.389. The fourth-order valence-corrected chi connectivity index (χ4v) is 2.88. The zero-order valence-electron chi connectivity index (χ0n) is 13.9. The number of rotatable bonds is 4. The Hall–Kier alpha value is -2.54. The van der Waals surface area contributed by atoms with Crippen LogP contribution in [0.15, 0.2) is 30.3 Å². The van der Waals surface area contributed by atoms with Gasteiger partial charge in [0.25, 0.3) is 5.91 Å². The molecule has 6 nitrogen and oxygen atoms in total. The van der Waals surface area contributed by atoms with Gasteiger partial charge in [-0.15, -0.1) is 0 Å². The van der Waals surface area contributed by atoms with Crippen molar-refractivity contribution >= 4 is 22.8 Å². The lowest BCUT2D eigenvalue weighted by molar-refractivity contribution is -0.145. The van der Waals surface area contributed by atoms with Gasteiger partial charge in [0.05, 0.1) is 32.3 Å². The molecule has 1 aliphatic rings. The maximum absolute atomic E-state index is 13.9. The lowest BCUT2D eigenvalue weighted by Crippen LogP contribution is -2.49. The van der Waals surface area contributed by atoms with Gasteiger partial charge < -0.3 is 14.4 Å². The van der Waals surface area contributed by atoms with E-state index in [9.17, 15) is 14.0 Å². The van der Waals surface area contributed by atoms with Gasteiger partial charge >= 0.3 is 5.97 Å². The number of esters is 1. The molecule has 0 saturated carbocycles. The highest BCUT2D eigenvalue weighted by Gasteiger charge is 2.31. The van der Waals surface area contributed by atoms with Crippen molar-refractivity contribution in [1.82, 2.24) is 9.88 Å². The van der Waals surface area contributed by atoms with E-state index in [0.29, 0.717) is 18.5 Å². The minimum atomic E-state index is -0.475. The Morgan fingerprint density at radius 3 is 3.00 bits per heavy atom. The van der Waals surface area contributed by atoms with Crippen LogP contribution < -0.4 is 0 Å². The van der Waals surface area contributed by atoms with Gasteiger partial charge in [0, 0.05) is 11.9 Å². The normalized spacial score (nSPS) is 17.5. The Morgan fingerprint density at radius 2 is 2.20 bits per heavy atom. The summed E-state index contributed by atoms with van der Waals surface area (Å²) < 4.78 is 24.3. The predicted molar refractivity (Wildman–Crippen MR) is 88.6 cm³/mol. The number of hydrogen-bond acceptors (Lipinski definition) is 5. The van der Waals surface area contributed by atoms with E-state index in [-0.39, 0.29) is 42.7 Å². The number of hydrogen-bond donors (Lipinski definition) is 0. The van der Waals surface area contributed by atoms with Crippen LogP contribution in [0.4, 0.5) is 4.39 Å². The first kappa shape index (κ1) is 17.3. The highest BCUT2D eigenvalue weighted by molar-refractivity contribution is 5.95. The van der Waals surface area contributed by atoms with Crippen LogP contribution in [0.3, 0.4) is 0 Å². The Labute approximate surface area is 144 Å². The van der Waals surface area contributed by atoms with Crippen molar-refractivity contribution in [2.24, 2.45) is 0 Å². The molecule has 7 heteroatoms. The number of ether oxygens (including phenoxy) is 2. The summed E-state index contributed by atoms with van der Waals surface area (Å²) in [4.78, 5) is 30.3. The maximum atomic E-state index is 13.9. The molecule has 2 heterocycles. The van der Waals surface area contributed by atoms with Crippen molar-refractivity contribution in [1.29, 1.82) is 0 Å². The molecule has 3 rings (SSSR count). The molecular weight excluding hydrogens is 327 g/mol. The number of aromatic nitrogens is 1. The molecule has 1 saturated heterocycles. The summed E-state index contributed by atoms with van der Waals surface area (Å²) in [5, 5.41) is 0.626. The molecule has 1 aromatic heterocycles. The molecule has 1 atom stereocenters. The molecule has 0 aliphatic carbocycles. The second-order valence-electron chi connectivity index (χ2n) is 5.74. The highest BCUT2D eigenvalue weighted by Crippen LogP contribution is 2.19. The Kier molecular flexibility index (Phi) is 5.23. The highest BCUT2D eigenvalue weighted by atomic mass is 19.1. The molecule has 0 radical (unpaired) electrons. The number of carbonyl (C=O) groups excluding carboxylic acids is 2. The average Bonchev–Trinajstić information content (AvgIpc) is 2.62. The van der Waals surface area contributed by atoms with Gasteiger partial charge in [-0.2, -0.15) is 0 Å². The van der Waals surface area contributed by atoms with Crippen LogP contribution in [0.2, 0.25) is 0 Å². The molecule has 1 aromatic carbocycles. The minimum absolute atomic E-state index is 0.0571. The average molecular weight is 346 g/mol. The van der Waals surface area contributed by atoms with Gasteiger partial charge in [-0.05, 0) is 19.1 Å². The van der Waals surface area contributed by atoms with Gasteiger partial charge in [-0.25, -0.2) is 9.37 Å². The van der Waals surface area contributed by atoms with E-state index >= 15 is 0 Å². The largest absolute Gasteiger partial charge is 0.466 e. The monoisotopic (exact) mass is 346 g/mol. The molecule has 1 aliphatic heterocycles. The second kappa shape index (κ2) is 7.57. The zero-order chi connectivity index (χ0) is 17.8. The van der Waals surface area contributed by atoms with Crippen molar-refractivity contribution < 1.29 is 23.5 Å². The summed E-state index contributed by atoms with van der Waals surface area (Å²) in [6, 6.07) is 7.46. The summed E-state index contributed by atoms with van der Waals surface area (Å²) in [6.07, 6.45) is 0.0571. The third kappa shape index (κ3) is 3.76. The zero-order valence-corrected chi connectivity index (χ0v) is 13.9. The molecule has 1 amide bonds. The van der Waals surface area contributed by atoms with E-state index in [4.69, 9.17) is 9.47 Å². The van der Waals surface area contributed by atoms with Gasteiger partial charge in [-0.3, -0.25) is 9.59 Å². The van der Waals surface area contributed by atoms with Crippen LogP contribution in [0.5, 0.6) is 0 Å². The third-order valence-electron chi connectivity index (χ3n) is 4.09. The van der Waals surface area contributed by atoms with Crippen LogP contribution in [-0.4, -0.2) is 54.2 Å². The van der Waals surface area contributed by atoms with Crippen LogP contribution in [0.1, 0.15) is 23.8 Å². The number of morpholine rings is 1. The first-order chi connectivity index (χ1) is 12.1. The first-order valence-electron chi connectivity index (χ1n) is 8.19. The summed E-state index contributed by atoms with van der Waals surface area (Å²) in [5.41, 5.74) is 0.303. The summed E-state index contributed by atoms with van der Waals surface area (Å²) in [5.74, 6) is -1.20. The lowest BCUT2D eigenvalue weighted by atomic mass is 10.1. The second-order valence-corrected chi connectivity index (χ2v) is 5.74. The van der Waals surface area contributed by atoms with E-state index < -0.39 is 11.9 Å². The number of para-hydroxylation sites is 1. The molecular formula is C18H19FN2O4. The number of halogens is 1. The number of nitrogens with zero attached hydrogens (tertiary/aromatic N) is 2. The van der Waals surface area contributed by atoms with E-state index in [1.165, 1.54) is 6.07 Å². The number of amides is 1. The fourth-order valence-electron chi connectivity index (χ4n) is 2.88. The van der Waals surface area contributed by atoms with Crippen LogP contribution in [-0.2, 0) is 14.3 Å². The van der Waals surface area contributed by atoms with Crippen molar-refractivity contribution in [3.8, 4) is 0 Å². The SMILES string of the molecule is CCOC(=O)CC1COCCN1C(=O)c1ccc2cccc(F)c2n1. The van der Waals surface area contributed by atoms with E-state index in [1.54, 1.807) is 36.1 Å². The molecule has 0 N–H and O–H groups in total. The molecule has 2 aromatic rings. The van der Waals surface area contributed by atoms with Gasteiger partial charge in [0.2, 0.25) is 0 Å². The van der Waals surface area contributed by atoms with Crippen molar-refractivity contribution in [2.75, 3.05) is 26.4 Å². The molecule has 0 spiro atoms. The Morgan fingerprint density at radius 1 is 1.36 bits per heavy atom. The number of pyridine rings is 1. The maximum Gasteiger partial charge on any atom is 0.307 e. The number of carbonyl (C=O) groups is 2.